The van der Waals surface area contributed by atoms with E-state index < -0.39 is 0 Å². The summed E-state index contributed by atoms with van der Waals surface area (Å²) in [7, 11) is 0. The van der Waals surface area contributed by atoms with Gasteiger partial charge in [-0.1, -0.05) is 19.3 Å². The summed E-state index contributed by atoms with van der Waals surface area (Å²) in [6.45, 7) is 2.80. The summed E-state index contributed by atoms with van der Waals surface area (Å²) >= 11 is 8.04. The van der Waals surface area contributed by atoms with Crippen molar-refractivity contribution < 1.29 is 0 Å². The molecule has 1 fully saturated rings. The Bertz CT molecular complexity index is 360. The summed E-state index contributed by atoms with van der Waals surface area (Å²) in [5.41, 5.74) is 0. The molecule has 0 saturated heterocycles. The number of hydrogen-bond donors (Lipinski definition) is 0. The zero-order chi connectivity index (χ0) is 12.3. The zero-order valence-corrected chi connectivity index (χ0v) is 12.0. The minimum absolute atomic E-state index is 0.132. The van der Waals surface area contributed by atoms with Gasteiger partial charge in [0.25, 0.3) is 0 Å². The molecule has 0 amide bonds. The monoisotopic (exact) mass is 274 g/mol. The molecule has 0 aliphatic heterocycles. The second kappa shape index (κ2) is 5.57. The summed E-state index contributed by atoms with van der Waals surface area (Å²) in [5, 5.41) is 11.7. The van der Waals surface area contributed by atoms with Crippen LogP contribution in [-0.2, 0) is 6.54 Å². The molecule has 4 nitrogen and oxygen atoms in total. The lowest BCUT2D eigenvalue weighted by molar-refractivity contribution is 0.339. The zero-order valence-electron chi connectivity index (χ0n) is 10.4. The third kappa shape index (κ3) is 2.94. The molecule has 96 valence electrons. The van der Waals surface area contributed by atoms with Crippen molar-refractivity contribution in [2.45, 2.75) is 55.7 Å². The Kier molecular flexibility index (Phi) is 4.31. The van der Waals surface area contributed by atoms with Gasteiger partial charge in [0, 0.05) is 4.75 Å². The molecule has 0 radical (unpaired) electrons. The highest BCUT2D eigenvalue weighted by Crippen LogP contribution is 2.40. The van der Waals surface area contributed by atoms with E-state index in [1.165, 1.54) is 32.1 Å². The van der Waals surface area contributed by atoms with Gasteiger partial charge in [-0.3, -0.25) is 0 Å². The van der Waals surface area contributed by atoms with Crippen LogP contribution in [0.4, 0.5) is 0 Å². The van der Waals surface area contributed by atoms with Gasteiger partial charge in [-0.25, -0.2) is 4.68 Å². The topological polar surface area (TPSA) is 43.6 Å². The quantitative estimate of drug-likeness (QED) is 0.792. The second-order valence-electron chi connectivity index (χ2n) is 4.76. The van der Waals surface area contributed by atoms with E-state index in [1.807, 2.05) is 23.4 Å². The fourth-order valence-electron chi connectivity index (χ4n) is 2.50. The fourth-order valence-corrected chi connectivity index (χ4v) is 3.61. The lowest BCUT2D eigenvalue weighted by Crippen LogP contribution is -2.34. The van der Waals surface area contributed by atoms with Gasteiger partial charge in [0.05, 0.1) is 11.9 Å². The van der Waals surface area contributed by atoms with Crippen molar-refractivity contribution in [3.05, 3.63) is 5.82 Å². The van der Waals surface area contributed by atoms with Crippen LogP contribution in [0.15, 0.2) is 0 Å². The number of nitrogens with zero attached hydrogens (tertiary/aromatic N) is 4. The van der Waals surface area contributed by atoms with Crippen molar-refractivity contribution in [2.75, 3.05) is 6.26 Å². The molecule has 2 rings (SSSR count). The van der Waals surface area contributed by atoms with Crippen molar-refractivity contribution in [3.63, 3.8) is 0 Å². The van der Waals surface area contributed by atoms with E-state index in [4.69, 9.17) is 11.6 Å². The Morgan fingerprint density at radius 1 is 1.41 bits per heavy atom. The van der Waals surface area contributed by atoms with E-state index in [0.717, 1.165) is 12.4 Å². The van der Waals surface area contributed by atoms with Crippen LogP contribution in [0.5, 0.6) is 0 Å². The van der Waals surface area contributed by atoms with Crippen LogP contribution >= 0.6 is 23.4 Å². The summed E-state index contributed by atoms with van der Waals surface area (Å²) in [6.07, 6.45) is 8.69. The average Bonchev–Trinajstić information content (AvgIpc) is 2.78. The lowest BCUT2D eigenvalue weighted by atomic mass is 9.88. The molecule has 1 heterocycles. The van der Waals surface area contributed by atoms with Crippen LogP contribution in [0.25, 0.3) is 0 Å². The lowest BCUT2D eigenvalue weighted by Gasteiger charge is -2.35. The molecule has 0 N–H and O–H groups in total. The number of hydrogen-bond acceptors (Lipinski definition) is 4. The highest BCUT2D eigenvalue weighted by atomic mass is 35.5. The molecule has 6 heteroatoms. The average molecular weight is 275 g/mol. The Hall–Kier alpha value is -0.290. The minimum atomic E-state index is -0.132. The van der Waals surface area contributed by atoms with Gasteiger partial charge in [-0.05, 0) is 36.4 Å². The molecule has 1 aliphatic rings. The maximum atomic E-state index is 6.09. The van der Waals surface area contributed by atoms with Crippen LogP contribution in [0.1, 0.15) is 50.2 Å². The normalized spacial score (nSPS) is 21.4. The van der Waals surface area contributed by atoms with Crippen molar-refractivity contribution in [1.82, 2.24) is 20.2 Å². The second-order valence-corrected chi connectivity index (χ2v) is 6.69. The first-order chi connectivity index (χ1) is 8.17. The van der Waals surface area contributed by atoms with E-state index >= 15 is 0 Å². The highest BCUT2D eigenvalue weighted by Gasteiger charge is 2.33. The first-order valence-electron chi connectivity index (χ1n) is 6.12. The standard InChI is InChI=1S/C11H19ClN4S/c1-9(12)10-13-14-15-16(10)8-11(17-2)6-4-3-5-7-11/h9H,3-8H2,1-2H3. The first-order valence-corrected chi connectivity index (χ1v) is 7.78. The fraction of sp³-hybridized carbons (Fsp3) is 0.909. The molecule has 1 atom stereocenters. The molecule has 1 saturated carbocycles. The van der Waals surface area contributed by atoms with E-state index in [2.05, 4.69) is 21.8 Å². The number of halogens is 1. The van der Waals surface area contributed by atoms with Gasteiger partial charge in [0.1, 0.15) is 0 Å². The van der Waals surface area contributed by atoms with Gasteiger partial charge < -0.3 is 0 Å². The van der Waals surface area contributed by atoms with E-state index in [9.17, 15) is 0 Å². The molecule has 0 aromatic carbocycles. The third-order valence-corrected chi connectivity index (χ3v) is 5.15. The van der Waals surface area contributed by atoms with Gasteiger partial charge in [-0.15, -0.1) is 16.7 Å². The number of rotatable bonds is 4. The molecule has 1 aliphatic carbocycles. The van der Waals surface area contributed by atoms with E-state index in [-0.39, 0.29) is 5.38 Å². The van der Waals surface area contributed by atoms with Crippen molar-refractivity contribution >= 4 is 23.4 Å². The van der Waals surface area contributed by atoms with Crippen molar-refractivity contribution in [1.29, 1.82) is 0 Å². The van der Waals surface area contributed by atoms with Crippen LogP contribution < -0.4 is 0 Å². The number of thioether (sulfide) groups is 1. The van der Waals surface area contributed by atoms with Crippen LogP contribution in [0.2, 0.25) is 0 Å². The van der Waals surface area contributed by atoms with Gasteiger partial charge in [0.2, 0.25) is 0 Å². The molecule has 1 aromatic heterocycles. The summed E-state index contributed by atoms with van der Waals surface area (Å²) in [6, 6.07) is 0. The smallest absolute Gasteiger partial charge is 0.168 e. The Morgan fingerprint density at radius 3 is 2.71 bits per heavy atom. The number of tetrazole rings is 1. The molecule has 1 aromatic rings. The van der Waals surface area contributed by atoms with Crippen LogP contribution in [-0.4, -0.2) is 31.2 Å². The Balaban J connectivity index is 2.14. The number of alkyl halides is 1. The van der Waals surface area contributed by atoms with Crippen molar-refractivity contribution in [3.8, 4) is 0 Å². The third-order valence-electron chi connectivity index (χ3n) is 3.55. The summed E-state index contributed by atoms with van der Waals surface area (Å²) < 4.78 is 2.19. The van der Waals surface area contributed by atoms with Gasteiger partial charge >= 0.3 is 0 Å². The van der Waals surface area contributed by atoms with Crippen LogP contribution in [0, 0.1) is 0 Å². The van der Waals surface area contributed by atoms with Crippen molar-refractivity contribution in [2.24, 2.45) is 0 Å². The Labute approximate surface area is 111 Å². The molecule has 17 heavy (non-hydrogen) atoms. The molecule has 0 spiro atoms. The largest absolute Gasteiger partial charge is 0.227 e. The molecular weight excluding hydrogens is 256 g/mol. The van der Waals surface area contributed by atoms with Gasteiger partial charge in [-0.2, -0.15) is 11.8 Å². The minimum Gasteiger partial charge on any atom is -0.227 e. The maximum absolute atomic E-state index is 6.09. The molecule has 0 bridgehead atoms. The Morgan fingerprint density at radius 2 is 2.12 bits per heavy atom. The predicted molar refractivity (Wildman–Crippen MR) is 71.4 cm³/mol. The maximum Gasteiger partial charge on any atom is 0.168 e. The van der Waals surface area contributed by atoms with Crippen LogP contribution in [0.3, 0.4) is 0 Å². The summed E-state index contributed by atoms with van der Waals surface area (Å²) in [4.78, 5) is 0. The van der Waals surface area contributed by atoms with E-state index in [1.54, 1.807) is 0 Å². The molecular formula is C11H19ClN4S. The number of aromatic nitrogens is 4. The molecule has 1 unspecified atom stereocenters. The summed E-state index contributed by atoms with van der Waals surface area (Å²) in [5.74, 6) is 0.783. The predicted octanol–water partition coefficient (Wildman–Crippen LogP) is 3.04. The first kappa shape index (κ1) is 13.1. The highest BCUT2D eigenvalue weighted by molar-refractivity contribution is 8.00. The van der Waals surface area contributed by atoms with Gasteiger partial charge in [0.15, 0.2) is 5.82 Å². The van der Waals surface area contributed by atoms with E-state index in [0.29, 0.717) is 4.75 Å². The SMILES string of the molecule is CSC1(Cn2nnnc2C(C)Cl)CCCCC1.